The Bertz CT molecular complexity index is 636. The van der Waals surface area contributed by atoms with Crippen LogP contribution in [0.2, 0.25) is 0 Å². The molecule has 0 atom stereocenters. The molecule has 1 aromatic heterocycles. The smallest absolute Gasteiger partial charge is 0.259 e. The Morgan fingerprint density at radius 1 is 1.24 bits per heavy atom. The van der Waals surface area contributed by atoms with Crippen LogP contribution >= 0.6 is 15.9 Å². The largest absolute Gasteiger partial charge is 0.360 e. The summed E-state index contributed by atoms with van der Waals surface area (Å²) in [6, 6.07) is 10.5. The van der Waals surface area contributed by atoms with Crippen LogP contribution in [0.5, 0.6) is 0 Å². The molecule has 0 saturated heterocycles. The van der Waals surface area contributed by atoms with Gasteiger partial charge in [-0.1, -0.05) is 15.9 Å². The standard InChI is InChI=1S/C14H13BrN4O2/c15-11-5-3-10(4-6-11)14(21)17-9-13(20)19-18-8-12-2-1-7-16-12/h1-8,16H,9H2,(H,17,21)(H,19,20). The number of benzene rings is 1. The summed E-state index contributed by atoms with van der Waals surface area (Å²) in [7, 11) is 0. The van der Waals surface area contributed by atoms with Gasteiger partial charge in [-0.25, -0.2) is 5.43 Å². The van der Waals surface area contributed by atoms with Crippen LogP contribution in [-0.2, 0) is 4.79 Å². The highest BCUT2D eigenvalue weighted by Gasteiger charge is 2.07. The van der Waals surface area contributed by atoms with E-state index in [1.165, 1.54) is 6.21 Å². The Morgan fingerprint density at radius 2 is 2.00 bits per heavy atom. The van der Waals surface area contributed by atoms with Crippen LogP contribution < -0.4 is 10.7 Å². The molecule has 1 aromatic carbocycles. The van der Waals surface area contributed by atoms with Gasteiger partial charge < -0.3 is 10.3 Å². The number of carbonyl (C=O) groups is 2. The van der Waals surface area contributed by atoms with Crippen molar-refractivity contribution in [1.82, 2.24) is 15.7 Å². The zero-order valence-electron chi connectivity index (χ0n) is 11.0. The van der Waals surface area contributed by atoms with Gasteiger partial charge in [-0.2, -0.15) is 5.10 Å². The van der Waals surface area contributed by atoms with Crippen molar-refractivity contribution in [2.45, 2.75) is 0 Å². The van der Waals surface area contributed by atoms with E-state index >= 15 is 0 Å². The molecule has 0 spiro atoms. The predicted octanol–water partition coefficient (Wildman–Crippen LogP) is 1.66. The van der Waals surface area contributed by atoms with E-state index < -0.39 is 5.91 Å². The maximum atomic E-state index is 11.8. The number of nitrogens with one attached hydrogen (secondary N) is 3. The van der Waals surface area contributed by atoms with Gasteiger partial charge in [0, 0.05) is 16.2 Å². The molecule has 0 aliphatic rings. The van der Waals surface area contributed by atoms with E-state index in [0.717, 1.165) is 10.2 Å². The van der Waals surface area contributed by atoms with E-state index in [9.17, 15) is 9.59 Å². The Hall–Kier alpha value is -2.41. The average Bonchev–Trinajstić information content (AvgIpc) is 2.99. The number of carbonyl (C=O) groups excluding carboxylic acids is 2. The minimum Gasteiger partial charge on any atom is -0.360 e. The third-order valence-corrected chi connectivity index (χ3v) is 3.06. The summed E-state index contributed by atoms with van der Waals surface area (Å²) >= 11 is 3.29. The fourth-order valence-corrected chi connectivity index (χ4v) is 1.77. The summed E-state index contributed by atoms with van der Waals surface area (Å²) < 4.78 is 0.885. The lowest BCUT2D eigenvalue weighted by atomic mass is 10.2. The molecule has 2 rings (SSSR count). The Morgan fingerprint density at radius 3 is 2.67 bits per heavy atom. The highest BCUT2D eigenvalue weighted by molar-refractivity contribution is 9.10. The Kier molecular flexibility index (Phi) is 5.28. The summed E-state index contributed by atoms with van der Waals surface area (Å²) in [6.07, 6.45) is 3.23. The van der Waals surface area contributed by atoms with E-state index in [2.05, 4.69) is 36.8 Å². The molecular formula is C14H13BrN4O2. The van der Waals surface area contributed by atoms with Crippen molar-refractivity contribution in [1.29, 1.82) is 0 Å². The first-order valence-corrected chi connectivity index (χ1v) is 6.93. The maximum Gasteiger partial charge on any atom is 0.259 e. The normalized spacial score (nSPS) is 10.5. The molecule has 2 aromatic rings. The SMILES string of the molecule is O=C(CNC(=O)c1ccc(Br)cc1)NN=Cc1ccc[nH]1. The second-order valence-electron chi connectivity index (χ2n) is 4.11. The molecule has 0 aliphatic carbocycles. The van der Waals surface area contributed by atoms with Crippen LogP contribution in [0, 0.1) is 0 Å². The van der Waals surface area contributed by atoms with Crippen LogP contribution in [0.3, 0.4) is 0 Å². The van der Waals surface area contributed by atoms with Crippen molar-refractivity contribution in [2.75, 3.05) is 6.54 Å². The van der Waals surface area contributed by atoms with Crippen LogP contribution in [0.1, 0.15) is 16.1 Å². The fourth-order valence-electron chi connectivity index (χ4n) is 1.50. The molecule has 3 N–H and O–H groups in total. The molecule has 1 heterocycles. The van der Waals surface area contributed by atoms with Crippen molar-refractivity contribution in [3.8, 4) is 0 Å². The van der Waals surface area contributed by atoms with Gasteiger partial charge in [0.2, 0.25) is 0 Å². The zero-order chi connectivity index (χ0) is 15.1. The molecule has 108 valence electrons. The first-order chi connectivity index (χ1) is 10.1. The number of hydrazone groups is 1. The van der Waals surface area contributed by atoms with Gasteiger partial charge >= 0.3 is 0 Å². The number of H-pyrrole nitrogens is 1. The van der Waals surface area contributed by atoms with E-state index in [4.69, 9.17) is 0 Å². The van der Waals surface area contributed by atoms with Gasteiger partial charge in [0.25, 0.3) is 11.8 Å². The minimum atomic E-state index is -0.400. The van der Waals surface area contributed by atoms with E-state index in [1.54, 1.807) is 30.5 Å². The van der Waals surface area contributed by atoms with Crippen LogP contribution in [-0.4, -0.2) is 29.6 Å². The topological polar surface area (TPSA) is 86.3 Å². The number of hydrogen-bond donors (Lipinski definition) is 3. The Balaban J connectivity index is 1.76. The van der Waals surface area contributed by atoms with Gasteiger partial charge in [-0.05, 0) is 36.4 Å². The van der Waals surface area contributed by atoms with Crippen LogP contribution in [0.4, 0.5) is 0 Å². The second kappa shape index (κ2) is 7.39. The summed E-state index contributed by atoms with van der Waals surface area (Å²) in [4.78, 5) is 26.2. The van der Waals surface area contributed by atoms with Gasteiger partial charge in [-0.15, -0.1) is 0 Å². The lowest BCUT2D eigenvalue weighted by Crippen LogP contribution is -2.34. The second-order valence-corrected chi connectivity index (χ2v) is 5.02. The van der Waals surface area contributed by atoms with Crippen molar-refractivity contribution in [3.05, 3.63) is 58.3 Å². The molecule has 0 radical (unpaired) electrons. The third-order valence-electron chi connectivity index (χ3n) is 2.53. The molecule has 2 amide bonds. The highest BCUT2D eigenvalue weighted by Crippen LogP contribution is 2.10. The number of rotatable bonds is 5. The maximum absolute atomic E-state index is 11.8. The predicted molar refractivity (Wildman–Crippen MR) is 83.0 cm³/mol. The molecule has 0 fully saturated rings. The lowest BCUT2D eigenvalue weighted by Gasteiger charge is -2.04. The average molecular weight is 349 g/mol. The molecular weight excluding hydrogens is 336 g/mol. The summed E-state index contributed by atoms with van der Waals surface area (Å²) in [5.74, 6) is -0.714. The van der Waals surface area contributed by atoms with E-state index in [0.29, 0.717) is 5.56 Å². The zero-order valence-corrected chi connectivity index (χ0v) is 12.6. The number of aromatic amines is 1. The number of aromatic nitrogens is 1. The van der Waals surface area contributed by atoms with Crippen LogP contribution in [0.25, 0.3) is 0 Å². The highest BCUT2D eigenvalue weighted by atomic mass is 79.9. The quantitative estimate of drug-likeness (QED) is 0.566. The lowest BCUT2D eigenvalue weighted by molar-refractivity contribution is -0.120. The summed E-state index contributed by atoms with van der Waals surface area (Å²) in [6.45, 7) is -0.142. The molecule has 0 aliphatic heterocycles. The fraction of sp³-hybridized carbons (Fsp3) is 0.0714. The van der Waals surface area contributed by atoms with Gasteiger partial charge in [0.05, 0.1) is 18.5 Å². The molecule has 21 heavy (non-hydrogen) atoms. The van der Waals surface area contributed by atoms with E-state index in [-0.39, 0.29) is 12.5 Å². The van der Waals surface area contributed by atoms with Crippen molar-refractivity contribution in [2.24, 2.45) is 5.10 Å². The first-order valence-electron chi connectivity index (χ1n) is 6.14. The monoisotopic (exact) mass is 348 g/mol. The van der Waals surface area contributed by atoms with Crippen molar-refractivity contribution < 1.29 is 9.59 Å². The molecule has 0 unspecified atom stereocenters. The molecule has 6 nitrogen and oxygen atoms in total. The molecule has 7 heteroatoms. The van der Waals surface area contributed by atoms with Gasteiger partial charge in [0.15, 0.2) is 0 Å². The first kappa shape index (κ1) is 15.0. The number of hydrogen-bond acceptors (Lipinski definition) is 3. The minimum absolute atomic E-state index is 0.142. The summed E-state index contributed by atoms with van der Waals surface area (Å²) in [5, 5.41) is 6.28. The Labute approximate surface area is 129 Å². The van der Waals surface area contributed by atoms with Gasteiger partial charge in [-0.3, -0.25) is 9.59 Å². The van der Waals surface area contributed by atoms with Crippen LogP contribution in [0.15, 0.2) is 52.2 Å². The number of nitrogens with zero attached hydrogens (tertiary/aromatic N) is 1. The van der Waals surface area contributed by atoms with Crippen molar-refractivity contribution >= 4 is 34.0 Å². The van der Waals surface area contributed by atoms with Gasteiger partial charge in [0.1, 0.15) is 0 Å². The summed E-state index contributed by atoms with van der Waals surface area (Å²) in [5.41, 5.74) is 3.58. The van der Waals surface area contributed by atoms with E-state index in [1.807, 2.05) is 12.1 Å². The number of amides is 2. The molecule has 0 bridgehead atoms. The van der Waals surface area contributed by atoms with Crippen molar-refractivity contribution in [3.63, 3.8) is 0 Å². The third kappa shape index (κ3) is 4.88. The molecule has 0 saturated carbocycles. The number of halogens is 1.